The van der Waals surface area contributed by atoms with Crippen molar-refractivity contribution in [2.24, 2.45) is 0 Å². The second kappa shape index (κ2) is 20.5. The van der Waals surface area contributed by atoms with Crippen LogP contribution in [0.4, 0.5) is 0 Å². The molecule has 162 valence electrons. The molecule has 3 atom stereocenters. The fourth-order valence-electron chi connectivity index (χ4n) is 0.939. The van der Waals surface area contributed by atoms with Crippen molar-refractivity contribution in [2.75, 3.05) is 39.6 Å². The van der Waals surface area contributed by atoms with Crippen molar-refractivity contribution in [1.82, 2.24) is 0 Å². The summed E-state index contributed by atoms with van der Waals surface area (Å²) in [4.78, 5) is 31.0. The molecule has 0 radical (unpaired) electrons. The SMILES string of the molecule is CCOC(=O)C(O)CO.CCOC(=O)C(O)CO.CCOC(=O)C(O)CO. The van der Waals surface area contributed by atoms with Crippen LogP contribution in [-0.4, -0.2) is 107 Å². The van der Waals surface area contributed by atoms with Crippen molar-refractivity contribution < 1.29 is 59.2 Å². The summed E-state index contributed by atoms with van der Waals surface area (Å²) in [6.07, 6.45) is -4.15. The lowest BCUT2D eigenvalue weighted by molar-refractivity contribution is -0.155. The lowest BCUT2D eigenvalue weighted by Gasteiger charge is -2.04. The van der Waals surface area contributed by atoms with Crippen LogP contribution in [0, 0.1) is 0 Å². The molecule has 0 bridgehead atoms. The number of ether oxygens (including phenoxy) is 3. The molecular weight excluding hydrogens is 372 g/mol. The molecule has 0 rings (SSSR count). The maximum atomic E-state index is 10.3. The first-order valence-corrected chi connectivity index (χ1v) is 8.03. The van der Waals surface area contributed by atoms with E-state index in [-0.39, 0.29) is 19.8 Å². The molecule has 6 N–H and O–H groups in total. The molecule has 27 heavy (non-hydrogen) atoms. The van der Waals surface area contributed by atoms with E-state index < -0.39 is 56.0 Å². The third kappa shape index (κ3) is 18.8. The van der Waals surface area contributed by atoms with Crippen LogP contribution in [0.1, 0.15) is 20.8 Å². The molecule has 12 heteroatoms. The number of aliphatic hydroxyl groups is 6. The quantitative estimate of drug-likeness (QED) is 0.166. The first kappa shape index (κ1) is 29.9. The van der Waals surface area contributed by atoms with E-state index in [9.17, 15) is 14.4 Å². The molecule has 0 saturated heterocycles. The predicted octanol–water partition coefficient (Wildman–Crippen LogP) is -3.29. The monoisotopic (exact) mass is 402 g/mol. The summed E-state index contributed by atoms with van der Waals surface area (Å²) < 4.78 is 13.0. The Kier molecular flexibility index (Phi) is 22.7. The molecule has 0 aromatic rings. The maximum Gasteiger partial charge on any atom is 0.337 e. The van der Waals surface area contributed by atoms with Gasteiger partial charge in [-0.25, -0.2) is 14.4 Å². The number of carbonyl (C=O) groups excluding carboxylic acids is 3. The van der Waals surface area contributed by atoms with E-state index in [0.29, 0.717) is 0 Å². The molecule has 3 unspecified atom stereocenters. The minimum absolute atomic E-state index is 0.218. The Balaban J connectivity index is -0.000000320. The van der Waals surface area contributed by atoms with E-state index in [1.807, 2.05) is 0 Å². The smallest absolute Gasteiger partial charge is 0.337 e. The van der Waals surface area contributed by atoms with Gasteiger partial charge in [-0.1, -0.05) is 0 Å². The topological polar surface area (TPSA) is 200 Å². The molecule has 0 aliphatic rings. The maximum absolute atomic E-state index is 10.3. The average Bonchev–Trinajstić information content (AvgIpc) is 2.67. The van der Waals surface area contributed by atoms with Crippen molar-refractivity contribution in [1.29, 1.82) is 0 Å². The van der Waals surface area contributed by atoms with Gasteiger partial charge in [0.15, 0.2) is 18.3 Å². The van der Waals surface area contributed by atoms with Gasteiger partial charge in [0.2, 0.25) is 0 Å². The molecule has 0 aromatic heterocycles. The van der Waals surface area contributed by atoms with Crippen LogP contribution >= 0.6 is 0 Å². The highest BCUT2D eigenvalue weighted by atomic mass is 16.6. The van der Waals surface area contributed by atoms with Crippen molar-refractivity contribution >= 4 is 17.9 Å². The number of esters is 3. The zero-order chi connectivity index (χ0) is 21.8. The van der Waals surface area contributed by atoms with Crippen LogP contribution in [0.25, 0.3) is 0 Å². The van der Waals surface area contributed by atoms with Crippen molar-refractivity contribution in [3.63, 3.8) is 0 Å². The van der Waals surface area contributed by atoms with Crippen LogP contribution in [-0.2, 0) is 28.6 Å². The molecule has 0 fully saturated rings. The van der Waals surface area contributed by atoms with Crippen molar-refractivity contribution in [3.8, 4) is 0 Å². The summed E-state index contributed by atoms with van der Waals surface area (Å²) in [5.41, 5.74) is 0. The summed E-state index contributed by atoms with van der Waals surface area (Å²) in [6.45, 7) is 3.78. The molecule has 0 aliphatic heterocycles. The van der Waals surface area contributed by atoms with Crippen LogP contribution in [0.5, 0.6) is 0 Å². The lowest BCUT2D eigenvalue weighted by atomic mass is 10.4. The third-order valence-corrected chi connectivity index (χ3v) is 2.19. The fraction of sp³-hybridized carbons (Fsp3) is 0.800. The second-order valence-corrected chi connectivity index (χ2v) is 4.35. The molecule has 0 aromatic carbocycles. The number of carbonyl (C=O) groups is 3. The molecule has 0 aliphatic carbocycles. The Hall–Kier alpha value is -1.83. The van der Waals surface area contributed by atoms with Gasteiger partial charge < -0.3 is 44.8 Å². The van der Waals surface area contributed by atoms with Crippen LogP contribution in [0.15, 0.2) is 0 Å². The standard InChI is InChI=1S/3C5H10O4/c3*1-2-9-5(8)4(7)3-6/h3*4,6-7H,2-3H2,1H3. The first-order chi connectivity index (χ1) is 12.7. The summed E-state index contributed by atoms with van der Waals surface area (Å²) in [7, 11) is 0. The van der Waals surface area contributed by atoms with E-state index in [2.05, 4.69) is 14.2 Å². The van der Waals surface area contributed by atoms with Gasteiger partial charge in [0.1, 0.15) is 0 Å². The van der Waals surface area contributed by atoms with Crippen LogP contribution < -0.4 is 0 Å². The third-order valence-electron chi connectivity index (χ3n) is 2.19. The summed E-state index contributed by atoms with van der Waals surface area (Å²) in [5.74, 6) is -2.33. The predicted molar refractivity (Wildman–Crippen MR) is 89.2 cm³/mol. The Morgan fingerprint density at radius 2 is 0.778 bits per heavy atom. The number of rotatable bonds is 9. The Morgan fingerprint density at radius 3 is 0.889 bits per heavy atom. The lowest BCUT2D eigenvalue weighted by Crippen LogP contribution is -2.26. The van der Waals surface area contributed by atoms with Gasteiger partial charge in [-0.2, -0.15) is 0 Å². The van der Waals surface area contributed by atoms with E-state index >= 15 is 0 Å². The average molecular weight is 402 g/mol. The first-order valence-electron chi connectivity index (χ1n) is 8.03. The number of hydrogen-bond donors (Lipinski definition) is 6. The second-order valence-electron chi connectivity index (χ2n) is 4.35. The number of hydrogen-bond acceptors (Lipinski definition) is 12. The Morgan fingerprint density at radius 1 is 0.593 bits per heavy atom. The van der Waals surface area contributed by atoms with E-state index in [0.717, 1.165) is 0 Å². The van der Waals surface area contributed by atoms with E-state index in [4.69, 9.17) is 30.6 Å². The highest BCUT2D eigenvalue weighted by Crippen LogP contribution is 1.86. The zero-order valence-electron chi connectivity index (χ0n) is 15.6. The summed E-state index contributed by atoms with van der Waals surface area (Å²) in [6, 6.07) is 0. The van der Waals surface area contributed by atoms with E-state index in [1.165, 1.54) is 0 Å². The van der Waals surface area contributed by atoms with Gasteiger partial charge in [0.25, 0.3) is 0 Å². The summed E-state index contributed by atoms with van der Waals surface area (Å²) in [5, 5.41) is 50.1. The molecule has 0 heterocycles. The van der Waals surface area contributed by atoms with Gasteiger partial charge in [-0.15, -0.1) is 0 Å². The molecule has 12 nitrogen and oxygen atoms in total. The molecule has 0 amide bonds. The van der Waals surface area contributed by atoms with Gasteiger partial charge >= 0.3 is 17.9 Å². The van der Waals surface area contributed by atoms with Gasteiger partial charge in [-0.3, -0.25) is 0 Å². The normalized spacial score (nSPS) is 12.8. The molecular formula is C15H30O12. The summed E-state index contributed by atoms with van der Waals surface area (Å²) >= 11 is 0. The molecule has 0 spiro atoms. The molecule has 0 saturated carbocycles. The fourth-order valence-corrected chi connectivity index (χ4v) is 0.939. The minimum Gasteiger partial charge on any atom is -0.464 e. The van der Waals surface area contributed by atoms with Crippen molar-refractivity contribution in [2.45, 2.75) is 39.1 Å². The van der Waals surface area contributed by atoms with Crippen LogP contribution in [0.3, 0.4) is 0 Å². The number of aliphatic hydroxyl groups excluding tert-OH is 6. The highest BCUT2D eigenvalue weighted by molar-refractivity contribution is 5.75. The van der Waals surface area contributed by atoms with Gasteiger partial charge in [-0.05, 0) is 20.8 Å². The van der Waals surface area contributed by atoms with E-state index in [1.54, 1.807) is 20.8 Å². The van der Waals surface area contributed by atoms with Crippen molar-refractivity contribution in [3.05, 3.63) is 0 Å². The van der Waals surface area contributed by atoms with Gasteiger partial charge in [0, 0.05) is 0 Å². The highest BCUT2D eigenvalue weighted by Gasteiger charge is 2.14. The van der Waals surface area contributed by atoms with Gasteiger partial charge in [0.05, 0.1) is 39.6 Å². The Labute approximate surface area is 156 Å². The Bertz CT molecular complexity index is 330. The zero-order valence-corrected chi connectivity index (χ0v) is 15.6. The minimum atomic E-state index is -1.38. The largest absolute Gasteiger partial charge is 0.464 e. The van der Waals surface area contributed by atoms with Crippen LogP contribution in [0.2, 0.25) is 0 Å².